The van der Waals surface area contributed by atoms with Crippen molar-refractivity contribution >= 4 is 29.0 Å². The highest BCUT2D eigenvalue weighted by Gasteiger charge is 2.79. The van der Waals surface area contributed by atoms with Crippen LogP contribution in [-0.2, 0) is 4.79 Å². The summed E-state index contributed by atoms with van der Waals surface area (Å²) in [6.07, 6.45) is 37.0. The van der Waals surface area contributed by atoms with Crippen LogP contribution in [0, 0.1) is 46.3 Å². The molecule has 0 heterocycles. The van der Waals surface area contributed by atoms with Crippen molar-refractivity contribution in [1.82, 2.24) is 0 Å². The van der Waals surface area contributed by atoms with E-state index in [4.69, 9.17) is 23.2 Å². The minimum atomic E-state index is -0.835. The van der Waals surface area contributed by atoms with Gasteiger partial charge in [0.2, 0.25) is 0 Å². The van der Waals surface area contributed by atoms with Gasteiger partial charge >= 0.3 is 0 Å². The Morgan fingerprint density at radius 2 is 0.814 bits per heavy atom. The molecule has 43 heavy (non-hydrogen) atoms. The molecule has 0 amide bonds. The van der Waals surface area contributed by atoms with E-state index in [9.17, 15) is 4.79 Å². The molecule has 5 saturated carbocycles. The van der Waals surface area contributed by atoms with Gasteiger partial charge in [0.05, 0.1) is 10.8 Å². The molecule has 0 aromatic rings. The number of rotatable bonds is 14. The molecular weight excluding hydrogens is 567 g/mol. The van der Waals surface area contributed by atoms with Gasteiger partial charge in [-0.15, -0.1) is 0 Å². The predicted octanol–water partition coefficient (Wildman–Crippen LogP) is 13.4. The van der Waals surface area contributed by atoms with E-state index < -0.39 is 15.2 Å². The van der Waals surface area contributed by atoms with Gasteiger partial charge in [-0.1, -0.05) is 140 Å². The standard InChI is InChI=1S/C40H68Cl2O/c1-3-5-7-9-11-13-31-15-19-33(20-16-31)35-23-27-38(28-24-35)37(43)39(40(38,41)42)29-25-36(26-30-39)34-21-17-32(18-22-34)14-12-10-8-6-4-2/h31-36H,3-30H2,1-2H3. The van der Waals surface area contributed by atoms with Crippen LogP contribution in [0.1, 0.15) is 194 Å². The van der Waals surface area contributed by atoms with Crippen LogP contribution >= 0.6 is 23.2 Å². The van der Waals surface area contributed by atoms with E-state index in [1.165, 1.54) is 154 Å². The van der Waals surface area contributed by atoms with E-state index in [1.807, 2.05) is 0 Å². The molecule has 248 valence electrons. The highest BCUT2D eigenvalue weighted by Crippen LogP contribution is 2.75. The van der Waals surface area contributed by atoms with E-state index in [2.05, 4.69) is 13.8 Å². The van der Waals surface area contributed by atoms with Crippen LogP contribution < -0.4 is 0 Å². The summed E-state index contributed by atoms with van der Waals surface area (Å²) in [7, 11) is 0. The Hall–Kier alpha value is 0.250. The molecule has 0 saturated heterocycles. The molecule has 0 atom stereocenters. The lowest BCUT2D eigenvalue weighted by atomic mass is 9.41. The van der Waals surface area contributed by atoms with Crippen LogP contribution in [0.4, 0.5) is 0 Å². The van der Waals surface area contributed by atoms with E-state index in [1.54, 1.807) is 0 Å². The molecule has 5 aliphatic rings. The minimum Gasteiger partial charge on any atom is -0.298 e. The summed E-state index contributed by atoms with van der Waals surface area (Å²) in [5.74, 6) is 5.79. The molecule has 0 N–H and O–H groups in total. The lowest BCUT2D eigenvalue weighted by molar-refractivity contribution is -0.173. The van der Waals surface area contributed by atoms with Crippen LogP contribution in [0.3, 0.4) is 0 Å². The SMILES string of the molecule is CCCCCCCC1CCC(C2CCC3(CC2)C(=O)C2(CCC(C4CCC(CCCCCCC)CC4)CC2)C3(Cl)Cl)CC1. The zero-order valence-electron chi connectivity index (χ0n) is 28.4. The summed E-state index contributed by atoms with van der Waals surface area (Å²) in [5, 5.41) is 0. The molecule has 0 radical (unpaired) electrons. The molecule has 0 bridgehead atoms. The average Bonchev–Trinajstić information content (AvgIpc) is 3.05. The van der Waals surface area contributed by atoms with Gasteiger partial charge in [0.1, 0.15) is 4.33 Å². The number of halogens is 2. The first-order chi connectivity index (χ1) is 20.9. The monoisotopic (exact) mass is 634 g/mol. The van der Waals surface area contributed by atoms with Crippen molar-refractivity contribution in [2.45, 2.75) is 198 Å². The van der Waals surface area contributed by atoms with Crippen LogP contribution in [0.5, 0.6) is 0 Å². The first-order valence-corrected chi connectivity index (χ1v) is 20.5. The Labute approximate surface area is 277 Å². The molecule has 5 aliphatic carbocycles. The predicted molar refractivity (Wildman–Crippen MR) is 186 cm³/mol. The molecule has 5 rings (SSSR count). The number of ketones is 1. The Morgan fingerprint density at radius 3 is 1.14 bits per heavy atom. The Morgan fingerprint density at radius 1 is 0.488 bits per heavy atom. The Kier molecular flexibility index (Phi) is 12.8. The third-order valence-electron chi connectivity index (χ3n) is 14.4. The maximum Gasteiger partial charge on any atom is 0.151 e. The summed E-state index contributed by atoms with van der Waals surface area (Å²) in [5.41, 5.74) is -0.880. The summed E-state index contributed by atoms with van der Waals surface area (Å²) >= 11 is 14.8. The maximum absolute atomic E-state index is 14.1. The van der Waals surface area contributed by atoms with Gasteiger partial charge in [-0.3, -0.25) is 4.79 Å². The molecule has 5 fully saturated rings. The van der Waals surface area contributed by atoms with E-state index in [0.717, 1.165) is 61.2 Å². The third-order valence-corrected chi connectivity index (χ3v) is 15.8. The quantitative estimate of drug-likeness (QED) is 0.137. The number of carbonyl (C=O) groups is 1. The number of carbonyl (C=O) groups excluding carboxylic acids is 1. The summed E-state index contributed by atoms with van der Waals surface area (Å²) in [6, 6.07) is 0. The molecular formula is C40H68Cl2O. The Bertz CT molecular complexity index is 767. The second-order valence-electron chi connectivity index (χ2n) is 16.7. The van der Waals surface area contributed by atoms with Crippen molar-refractivity contribution in [2.24, 2.45) is 46.3 Å². The topological polar surface area (TPSA) is 17.1 Å². The summed E-state index contributed by atoms with van der Waals surface area (Å²) in [4.78, 5) is 14.1. The van der Waals surface area contributed by atoms with Crippen molar-refractivity contribution in [1.29, 1.82) is 0 Å². The van der Waals surface area contributed by atoms with E-state index in [-0.39, 0.29) is 0 Å². The lowest BCUT2D eigenvalue weighted by Crippen LogP contribution is -2.74. The van der Waals surface area contributed by atoms with Gasteiger partial charge in [-0.25, -0.2) is 0 Å². The third kappa shape index (κ3) is 7.39. The molecule has 1 nitrogen and oxygen atoms in total. The minimum absolute atomic E-state index is 0.440. The van der Waals surface area contributed by atoms with Crippen molar-refractivity contribution in [2.75, 3.05) is 0 Å². The number of hydrogen-bond acceptors (Lipinski definition) is 1. The van der Waals surface area contributed by atoms with Gasteiger partial charge in [0.25, 0.3) is 0 Å². The fraction of sp³-hybridized carbons (Fsp3) is 0.975. The highest BCUT2D eigenvalue weighted by atomic mass is 35.5. The van der Waals surface area contributed by atoms with Crippen molar-refractivity contribution in [3.63, 3.8) is 0 Å². The molecule has 0 aliphatic heterocycles. The average molecular weight is 636 g/mol. The normalized spacial score (nSPS) is 39.7. The summed E-state index contributed by atoms with van der Waals surface area (Å²) in [6.45, 7) is 4.61. The van der Waals surface area contributed by atoms with Crippen molar-refractivity contribution in [3.05, 3.63) is 0 Å². The lowest BCUT2D eigenvalue weighted by Gasteiger charge is -2.67. The fourth-order valence-corrected chi connectivity index (χ4v) is 12.5. The summed E-state index contributed by atoms with van der Waals surface area (Å²) < 4.78 is -0.835. The second-order valence-corrected chi connectivity index (χ2v) is 18.0. The molecule has 0 unspecified atom stereocenters. The zero-order valence-corrected chi connectivity index (χ0v) is 29.9. The number of hydrogen-bond donors (Lipinski definition) is 0. The number of Topliss-reactive ketones (excluding diaryl/α,β-unsaturated/α-hetero) is 1. The Balaban J connectivity index is 1.02. The molecule has 3 heteroatoms. The van der Waals surface area contributed by atoms with Gasteiger partial charge in [-0.2, -0.15) is 0 Å². The van der Waals surface area contributed by atoms with Crippen LogP contribution in [0.15, 0.2) is 0 Å². The maximum atomic E-state index is 14.1. The molecule has 0 aromatic heterocycles. The first kappa shape index (κ1) is 34.6. The molecule has 2 spiro atoms. The van der Waals surface area contributed by atoms with Gasteiger partial charge in [0.15, 0.2) is 5.78 Å². The second kappa shape index (κ2) is 15.9. The van der Waals surface area contributed by atoms with Gasteiger partial charge in [0, 0.05) is 0 Å². The molecule has 0 aromatic carbocycles. The number of alkyl halides is 2. The van der Waals surface area contributed by atoms with Crippen molar-refractivity contribution < 1.29 is 4.79 Å². The zero-order chi connectivity index (χ0) is 30.3. The van der Waals surface area contributed by atoms with Crippen molar-refractivity contribution in [3.8, 4) is 0 Å². The fourth-order valence-electron chi connectivity index (χ4n) is 11.4. The smallest absolute Gasteiger partial charge is 0.151 e. The van der Waals surface area contributed by atoms with E-state index in [0.29, 0.717) is 5.78 Å². The van der Waals surface area contributed by atoms with Gasteiger partial charge < -0.3 is 0 Å². The first-order valence-electron chi connectivity index (χ1n) is 19.8. The van der Waals surface area contributed by atoms with Crippen LogP contribution in [-0.4, -0.2) is 10.1 Å². The van der Waals surface area contributed by atoms with E-state index >= 15 is 0 Å². The largest absolute Gasteiger partial charge is 0.298 e. The van der Waals surface area contributed by atoms with Crippen LogP contribution in [0.25, 0.3) is 0 Å². The van der Waals surface area contributed by atoms with Crippen LogP contribution in [0.2, 0.25) is 0 Å². The highest BCUT2D eigenvalue weighted by molar-refractivity contribution is 6.55. The number of unbranched alkanes of at least 4 members (excludes halogenated alkanes) is 8. The van der Waals surface area contributed by atoms with Gasteiger partial charge in [-0.05, 0) is 113 Å².